The van der Waals surface area contributed by atoms with Crippen molar-refractivity contribution in [2.75, 3.05) is 6.61 Å². The molecule has 3 nitrogen and oxygen atoms in total. The van der Waals surface area contributed by atoms with Crippen LogP contribution in [-0.2, 0) is 4.79 Å². The Morgan fingerprint density at radius 1 is 1.11 bits per heavy atom. The van der Waals surface area contributed by atoms with Gasteiger partial charge in [0, 0.05) is 0 Å². The van der Waals surface area contributed by atoms with Crippen molar-refractivity contribution in [2.24, 2.45) is 0 Å². The van der Waals surface area contributed by atoms with Crippen LogP contribution < -0.4 is 4.74 Å². The van der Waals surface area contributed by atoms with Gasteiger partial charge in [-0.15, -0.1) is 0 Å². The molecule has 0 spiro atoms. The number of carboxylic acid groups (broad SMARTS) is 1. The summed E-state index contributed by atoms with van der Waals surface area (Å²) in [5.41, 5.74) is 3.30. The van der Waals surface area contributed by atoms with Crippen LogP contribution in [0.4, 0.5) is 0 Å². The van der Waals surface area contributed by atoms with Crippen molar-refractivity contribution >= 4 is 5.97 Å². The zero-order valence-electron chi connectivity index (χ0n) is 10.1. The number of hydrogen-bond donors (Lipinski definition) is 1. The lowest BCUT2D eigenvalue weighted by atomic mass is 10.0. The van der Waals surface area contributed by atoms with E-state index in [1.54, 1.807) is 6.07 Å². The summed E-state index contributed by atoms with van der Waals surface area (Å²) in [7, 11) is 0. The van der Waals surface area contributed by atoms with Crippen LogP contribution in [0.5, 0.6) is 5.75 Å². The Labute approximate surface area is 106 Å². The SMILES string of the molecule is Cc1ccc(-c2cccc(OCC(=O)O)c2)cc1. The Morgan fingerprint density at radius 3 is 2.50 bits per heavy atom. The van der Waals surface area contributed by atoms with E-state index in [4.69, 9.17) is 9.84 Å². The average Bonchev–Trinajstić information content (AvgIpc) is 2.37. The van der Waals surface area contributed by atoms with Gasteiger partial charge in [0.05, 0.1) is 0 Å². The van der Waals surface area contributed by atoms with Crippen LogP contribution in [0.25, 0.3) is 11.1 Å². The molecule has 1 N–H and O–H groups in total. The zero-order chi connectivity index (χ0) is 13.0. The first kappa shape index (κ1) is 12.2. The van der Waals surface area contributed by atoms with E-state index in [-0.39, 0.29) is 6.61 Å². The van der Waals surface area contributed by atoms with Crippen LogP contribution in [0.15, 0.2) is 48.5 Å². The fraction of sp³-hybridized carbons (Fsp3) is 0.133. The number of rotatable bonds is 4. The number of hydrogen-bond acceptors (Lipinski definition) is 2. The Balaban J connectivity index is 2.21. The molecule has 0 bridgehead atoms. The topological polar surface area (TPSA) is 46.5 Å². The number of aryl methyl sites for hydroxylation is 1. The van der Waals surface area contributed by atoms with Crippen LogP contribution in [-0.4, -0.2) is 17.7 Å². The fourth-order valence-electron chi connectivity index (χ4n) is 1.66. The third-order valence-corrected chi connectivity index (χ3v) is 2.58. The molecule has 0 aliphatic heterocycles. The summed E-state index contributed by atoms with van der Waals surface area (Å²) >= 11 is 0. The van der Waals surface area contributed by atoms with Crippen molar-refractivity contribution in [2.45, 2.75) is 6.92 Å². The van der Waals surface area contributed by atoms with Gasteiger partial charge in [-0.3, -0.25) is 0 Å². The lowest BCUT2D eigenvalue weighted by Gasteiger charge is -2.06. The van der Waals surface area contributed by atoms with E-state index in [2.05, 4.69) is 0 Å². The lowest BCUT2D eigenvalue weighted by molar-refractivity contribution is -0.139. The van der Waals surface area contributed by atoms with Gasteiger partial charge in [-0.1, -0.05) is 42.0 Å². The van der Waals surface area contributed by atoms with Crippen LogP contribution in [0.1, 0.15) is 5.56 Å². The van der Waals surface area contributed by atoms with Gasteiger partial charge in [0.25, 0.3) is 0 Å². The Morgan fingerprint density at radius 2 is 1.83 bits per heavy atom. The summed E-state index contributed by atoms with van der Waals surface area (Å²) in [6, 6.07) is 15.6. The molecule has 0 saturated heterocycles. The summed E-state index contributed by atoms with van der Waals surface area (Å²) in [6.45, 7) is 1.72. The maximum absolute atomic E-state index is 10.4. The number of carbonyl (C=O) groups is 1. The number of aliphatic carboxylic acids is 1. The van der Waals surface area contributed by atoms with Crippen molar-refractivity contribution in [3.8, 4) is 16.9 Å². The average molecular weight is 242 g/mol. The molecule has 2 rings (SSSR count). The van der Waals surface area contributed by atoms with Gasteiger partial charge in [0.2, 0.25) is 0 Å². The van der Waals surface area contributed by atoms with Gasteiger partial charge < -0.3 is 9.84 Å². The molecule has 0 heterocycles. The molecule has 0 radical (unpaired) electrons. The number of ether oxygens (including phenoxy) is 1. The number of benzene rings is 2. The minimum atomic E-state index is -0.976. The second kappa shape index (κ2) is 5.36. The molecule has 0 saturated carbocycles. The highest BCUT2D eigenvalue weighted by Gasteiger charge is 2.02. The quantitative estimate of drug-likeness (QED) is 0.896. The molecule has 2 aromatic carbocycles. The van der Waals surface area contributed by atoms with E-state index >= 15 is 0 Å². The summed E-state index contributed by atoms with van der Waals surface area (Å²) in [6.07, 6.45) is 0. The van der Waals surface area contributed by atoms with Gasteiger partial charge in [-0.05, 0) is 30.2 Å². The van der Waals surface area contributed by atoms with Crippen LogP contribution >= 0.6 is 0 Å². The Bertz CT molecular complexity index is 544. The summed E-state index contributed by atoms with van der Waals surface area (Å²) in [5.74, 6) is -0.411. The van der Waals surface area contributed by atoms with Gasteiger partial charge >= 0.3 is 5.97 Å². The standard InChI is InChI=1S/C15H14O3/c1-11-5-7-12(8-6-11)13-3-2-4-14(9-13)18-10-15(16)17/h2-9H,10H2,1H3,(H,16,17). The highest BCUT2D eigenvalue weighted by Crippen LogP contribution is 2.24. The van der Waals surface area contributed by atoms with Crippen molar-refractivity contribution in [1.29, 1.82) is 0 Å². The first-order valence-electron chi connectivity index (χ1n) is 5.67. The molecule has 0 amide bonds. The monoisotopic (exact) mass is 242 g/mol. The van der Waals surface area contributed by atoms with Crippen LogP contribution in [0.2, 0.25) is 0 Å². The fourth-order valence-corrected chi connectivity index (χ4v) is 1.66. The Hall–Kier alpha value is -2.29. The van der Waals surface area contributed by atoms with E-state index in [0.717, 1.165) is 11.1 Å². The highest BCUT2D eigenvalue weighted by molar-refractivity contribution is 5.69. The normalized spacial score (nSPS) is 10.1. The highest BCUT2D eigenvalue weighted by atomic mass is 16.5. The molecule has 3 heteroatoms. The first-order valence-corrected chi connectivity index (χ1v) is 5.67. The Kier molecular flexibility index (Phi) is 3.63. The maximum atomic E-state index is 10.4. The second-order valence-corrected chi connectivity index (χ2v) is 4.08. The molecule has 0 fully saturated rings. The van der Waals surface area contributed by atoms with Crippen molar-refractivity contribution in [3.63, 3.8) is 0 Å². The predicted octanol–water partition coefficient (Wildman–Crippen LogP) is 3.13. The van der Waals surface area contributed by atoms with Gasteiger partial charge in [0.1, 0.15) is 5.75 Å². The van der Waals surface area contributed by atoms with Gasteiger partial charge in [-0.25, -0.2) is 4.79 Å². The summed E-state index contributed by atoms with van der Waals surface area (Å²) < 4.78 is 5.15. The molecule has 2 aromatic rings. The molecular weight excluding hydrogens is 228 g/mol. The summed E-state index contributed by atoms with van der Waals surface area (Å²) in [4.78, 5) is 10.4. The third-order valence-electron chi connectivity index (χ3n) is 2.58. The van der Waals surface area contributed by atoms with E-state index in [9.17, 15) is 4.79 Å². The van der Waals surface area contributed by atoms with Crippen molar-refractivity contribution in [1.82, 2.24) is 0 Å². The maximum Gasteiger partial charge on any atom is 0.341 e. The molecule has 0 aliphatic rings. The van der Waals surface area contributed by atoms with E-state index in [0.29, 0.717) is 5.75 Å². The smallest absolute Gasteiger partial charge is 0.341 e. The van der Waals surface area contributed by atoms with Crippen molar-refractivity contribution in [3.05, 3.63) is 54.1 Å². The van der Waals surface area contributed by atoms with E-state index < -0.39 is 5.97 Å². The molecule has 92 valence electrons. The third kappa shape index (κ3) is 3.10. The van der Waals surface area contributed by atoms with E-state index in [1.165, 1.54) is 5.56 Å². The minimum Gasteiger partial charge on any atom is -0.482 e. The van der Waals surface area contributed by atoms with Crippen LogP contribution in [0.3, 0.4) is 0 Å². The van der Waals surface area contributed by atoms with Gasteiger partial charge in [0.15, 0.2) is 6.61 Å². The lowest BCUT2D eigenvalue weighted by Crippen LogP contribution is -2.09. The summed E-state index contributed by atoms with van der Waals surface area (Å²) in [5, 5.41) is 8.57. The predicted molar refractivity (Wildman–Crippen MR) is 69.7 cm³/mol. The zero-order valence-corrected chi connectivity index (χ0v) is 10.1. The molecule has 18 heavy (non-hydrogen) atoms. The second-order valence-electron chi connectivity index (χ2n) is 4.08. The van der Waals surface area contributed by atoms with Gasteiger partial charge in [-0.2, -0.15) is 0 Å². The van der Waals surface area contributed by atoms with Crippen molar-refractivity contribution < 1.29 is 14.6 Å². The largest absolute Gasteiger partial charge is 0.482 e. The molecule has 0 aromatic heterocycles. The van der Waals surface area contributed by atoms with Crippen LogP contribution in [0, 0.1) is 6.92 Å². The molecule has 0 aliphatic carbocycles. The minimum absolute atomic E-state index is 0.322. The number of carboxylic acids is 1. The molecule has 0 unspecified atom stereocenters. The van der Waals surface area contributed by atoms with E-state index in [1.807, 2.05) is 49.4 Å². The first-order chi connectivity index (χ1) is 8.65. The molecule has 0 atom stereocenters. The molecular formula is C15H14O3.